The molecule has 25 heavy (non-hydrogen) atoms. The lowest BCUT2D eigenvalue weighted by molar-refractivity contribution is 0.145. The first-order valence-electron chi connectivity index (χ1n) is 10.7. The second-order valence-corrected chi connectivity index (χ2v) is 8.54. The van der Waals surface area contributed by atoms with Gasteiger partial charge in [-0.3, -0.25) is 9.05 Å². The van der Waals surface area contributed by atoms with Crippen LogP contribution in [-0.2, 0) is 13.6 Å². The molecule has 0 amide bonds. The van der Waals surface area contributed by atoms with Crippen molar-refractivity contribution < 1.29 is 18.5 Å². The Morgan fingerprint density at radius 2 is 0.840 bits per heavy atom. The van der Waals surface area contributed by atoms with Crippen LogP contribution < -0.4 is 0 Å². The molecule has 0 saturated carbocycles. The van der Waals surface area contributed by atoms with Gasteiger partial charge < -0.3 is 4.89 Å². The summed E-state index contributed by atoms with van der Waals surface area (Å²) in [6.07, 6.45) is 19.4. The molecule has 0 heterocycles. The lowest BCUT2D eigenvalue weighted by Crippen LogP contribution is -1.99. The van der Waals surface area contributed by atoms with E-state index < -0.39 is 7.82 Å². The molecule has 0 spiro atoms. The summed E-state index contributed by atoms with van der Waals surface area (Å²) < 4.78 is 21.6. The van der Waals surface area contributed by atoms with Gasteiger partial charge in [0.1, 0.15) is 0 Å². The summed E-state index contributed by atoms with van der Waals surface area (Å²) in [4.78, 5) is 9.56. The van der Waals surface area contributed by atoms with Gasteiger partial charge in [-0.2, -0.15) is 0 Å². The van der Waals surface area contributed by atoms with E-state index in [1.807, 2.05) is 0 Å². The van der Waals surface area contributed by atoms with Gasteiger partial charge in [0.25, 0.3) is 0 Å². The molecule has 0 aliphatic carbocycles. The number of phosphoric acid groups is 1. The van der Waals surface area contributed by atoms with E-state index in [0.717, 1.165) is 38.5 Å². The summed E-state index contributed by atoms with van der Waals surface area (Å²) in [7, 11) is -3.82. The van der Waals surface area contributed by atoms with Gasteiger partial charge in [-0.25, -0.2) is 4.57 Å². The first-order valence-corrected chi connectivity index (χ1v) is 12.2. The van der Waals surface area contributed by atoms with Gasteiger partial charge in [-0.15, -0.1) is 0 Å². The Labute approximate surface area is 156 Å². The Kier molecular flexibility index (Phi) is 19.0. The maximum Gasteiger partial charge on any atom is 0.472 e. The minimum atomic E-state index is -3.82. The number of phosphoric ester groups is 1. The molecule has 152 valence electrons. The first kappa shape index (κ1) is 25.1. The molecular weight excluding hydrogens is 335 g/mol. The highest BCUT2D eigenvalue weighted by Gasteiger charge is 2.19. The van der Waals surface area contributed by atoms with Crippen molar-refractivity contribution in [1.82, 2.24) is 0 Å². The largest absolute Gasteiger partial charge is 0.472 e. The number of unbranched alkanes of at least 4 members (excludes halogenated alkanes) is 14. The van der Waals surface area contributed by atoms with Gasteiger partial charge in [0.15, 0.2) is 0 Å². The van der Waals surface area contributed by atoms with Crippen molar-refractivity contribution in [3.8, 4) is 0 Å². The third kappa shape index (κ3) is 20.3. The Hall–Kier alpha value is 0.110. The summed E-state index contributed by atoms with van der Waals surface area (Å²) in [6.45, 7) is 5.02. The van der Waals surface area contributed by atoms with Gasteiger partial charge in [0.2, 0.25) is 0 Å². The third-order valence-corrected chi connectivity index (χ3v) is 5.52. The molecule has 0 aromatic heterocycles. The molecule has 0 radical (unpaired) electrons. The molecule has 0 rings (SSSR count). The second kappa shape index (κ2) is 18.9. The van der Waals surface area contributed by atoms with Gasteiger partial charge >= 0.3 is 7.82 Å². The summed E-state index contributed by atoms with van der Waals surface area (Å²) in [6, 6.07) is 0. The van der Waals surface area contributed by atoms with Gasteiger partial charge in [-0.05, 0) is 12.8 Å². The van der Waals surface area contributed by atoms with E-state index in [-0.39, 0.29) is 0 Å². The minimum absolute atomic E-state index is 0.312. The average molecular weight is 379 g/mol. The summed E-state index contributed by atoms with van der Waals surface area (Å²) >= 11 is 0. The van der Waals surface area contributed by atoms with E-state index in [9.17, 15) is 9.46 Å². The lowest BCUT2D eigenvalue weighted by atomic mass is 10.1. The Balaban J connectivity index is 3.27. The Morgan fingerprint density at radius 1 is 0.560 bits per heavy atom. The molecule has 0 saturated heterocycles. The average Bonchev–Trinajstić information content (AvgIpc) is 2.58. The predicted octanol–water partition coefficient (Wildman–Crippen LogP) is 7.40. The van der Waals surface area contributed by atoms with Crippen molar-refractivity contribution in [3.63, 3.8) is 0 Å². The van der Waals surface area contributed by atoms with Crippen molar-refractivity contribution in [3.05, 3.63) is 0 Å². The molecule has 1 N–H and O–H groups in total. The van der Waals surface area contributed by atoms with Crippen LogP contribution in [0.5, 0.6) is 0 Å². The summed E-state index contributed by atoms with van der Waals surface area (Å²) in [5.41, 5.74) is 0. The quantitative estimate of drug-likeness (QED) is 0.177. The van der Waals surface area contributed by atoms with E-state index in [2.05, 4.69) is 13.8 Å². The Morgan fingerprint density at radius 3 is 1.20 bits per heavy atom. The molecule has 0 aromatic carbocycles. The SMILES string of the molecule is CCCCCCCCCCCCCCOP(=O)(O)OCCCCCC. The van der Waals surface area contributed by atoms with Crippen LogP contribution in [0.2, 0.25) is 0 Å². The maximum atomic E-state index is 11.7. The molecule has 0 aliphatic rings. The fourth-order valence-corrected chi connectivity index (χ4v) is 3.66. The zero-order valence-electron chi connectivity index (χ0n) is 16.8. The van der Waals surface area contributed by atoms with E-state index in [0.29, 0.717) is 13.2 Å². The van der Waals surface area contributed by atoms with Crippen molar-refractivity contribution in [2.45, 2.75) is 117 Å². The van der Waals surface area contributed by atoms with Crippen molar-refractivity contribution in [1.29, 1.82) is 0 Å². The zero-order chi connectivity index (χ0) is 18.6. The van der Waals surface area contributed by atoms with E-state index in [4.69, 9.17) is 9.05 Å². The van der Waals surface area contributed by atoms with Crippen LogP contribution in [-0.4, -0.2) is 18.1 Å². The van der Waals surface area contributed by atoms with Crippen LogP contribution in [0.25, 0.3) is 0 Å². The molecular formula is C20H43O4P. The fourth-order valence-electron chi connectivity index (χ4n) is 2.87. The minimum Gasteiger partial charge on any atom is -0.302 e. The smallest absolute Gasteiger partial charge is 0.302 e. The Bertz CT molecular complexity index is 310. The highest BCUT2D eigenvalue weighted by atomic mass is 31.2. The van der Waals surface area contributed by atoms with Crippen LogP contribution >= 0.6 is 7.82 Å². The van der Waals surface area contributed by atoms with Gasteiger partial charge in [-0.1, -0.05) is 104 Å². The molecule has 4 nitrogen and oxygen atoms in total. The standard InChI is InChI=1S/C20H43O4P/c1-3-5-7-9-10-11-12-13-14-15-16-18-20-24-25(21,22)23-19-17-8-6-4-2/h3-20H2,1-2H3,(H,21,22). The normalized spacial score (nSPS) is 13.9. The van der Waals surface area contributed by atoms with Crippen LogP contribution in [0.3, 0.4) is 0 Å². The van der Waals surface area contributed by atoms with Crippen LogP contribution in [0.15, 0.2) is 0 Å². The summed E-state index contributed by atoms with van der Waals surface area (Å²) in [5, 5.41) is 0. The molecule has 0 bridgehead atoms. The highest BCUT2D eigenvalue weighted by Crippen LogP contribution is 2.43. The lowest BCUT2D eigenvalue weighted by Gasteiger charge is -2.12. The fraction of sp³-hybridized carbons (Fsp3) is 1.00. The van der Waals surface area contributed by atoms with Crippen LogP contribution in [0.4, 0.5) is 0 Å². The summed E-state index contributed by atoms with van der Waals surface area (Å²) in [5.74, 6) is 0. The molecule has 1 atom stereocenters. The molecule has 0 aromatic rings. The number of rotatable bonds is 20. The monoisotopic (exact) mass is 378 g/mol. The van der Waals surface area contributed by atoms with E-state index >= 15 is 0 Å². The second-order valence-electron chi connectivity index (χ2n) is 7.08. The predicted molar refractivity (Wildman–Crippen MR) is 107 cm³/mol. The van der Waals surface area contributed by atoms with Crippen molar-refractivity contribution in [2.75, 3.05) is 13.2 Å². The molecule has 0 fully saturated rings. The maximum absolute atomic E-state index is 11.7. The topological polar surface area (TPSA) is 55.8 Å². The molecule has 0 aliphatic heterocycles. The van der Waals surface area contributed by atoms with Gasteiger partial charge in [0, 0.05) is 0 Å². The number of hydrogen-bond acceptors (Lipinski definition) is 3. The van der Waals surface area contributed by atoms with Crippen molar-refractivity contribution in [2.24, 2.45) is 0 Å². The highest BCUT2D eigenvalue weighted by molar-refractivity contribution is 7.47. The zero-order valence-corrected chi connectivity index (χ0v) is 17.7. The van der Waals surface area contributed by atoms with E-state index in [1.54, 1.807) is 0 Å². The van der Waals surface area contributed by atoms with Crippen LogP contribution in [0, 0.1) is 0 Å². The van der Waals surface area contributed by atoms with Gasteiger partial charge in [0.05, 0.1) is 13.2 Å². The molecule has 1 unspecified atom stereocenters. The third-order valence-electron chi connectivity index (χ3n) is 4.50. The van der Waals surface area contributed by atoms with E-state index in [1.165, 1.54) is 64.2 Å². The van der Waals surface area contributed by atoms with Crippen LogP contribution in [0.1, 0.15) is 117 Å². The molecule has 5 heteroatoms. The first-order chi connectivity index (χ1) is 12.1. The number of hydrogen-bond donors (Lipinski definition) is 1. The van der Waals surface area contributed by atoms with Crippen molar-refractivity contribution >= 4 is 7.82 Å².